The summed E-state index contributed by atoms with van der Waals surface area (Å²) in [6.45, 7) is 0.887. The van der Waals surface area contributed by atoms with Crippen LogP contribution in [0.25, 0.3) is 21.5 Å². The normalized spacial score (nSPS) is 15.4. The van der Waals surface area contributed by atoms with Gasteiger partial charge in [0, 0.05) is 5.56 Å². The Morgan fingerprint density at radius 1 is 0.720 bits per heavy atom. The summed E-state index contributed by atoms with van der Waals surface area (Å²) in [5.41, 5.74) is 2.03. The molecule has 1 saturated heterocycles. The van der Waals surface area contributed by atoms with Gasteiger partial charge < -0.3 is 4.74 Å². The molecule has 122 valence electrons. The number of carbonyl (C=O) groups excluding carboxylic acids is 1. The number of epoxide rings is 1. The van der Waals surface area contributed by atoms with Crippen molar-refractivity contribution in [1.82, 2.24) is 0 Å². The number of benzene rings is 4. The number of ether oxygens (including phenoxy) is 1. The first-order valence-corrected chi connectivity index (χ1v) is 8.38. The highest BCUT2D eigenvalue weighted by Crippen LogP contribution is 2.31. The molecular formula is C23H18O2. The van der Waals surface area contributed by atoms with Gasteiger partial charge in [0.05, 0.1) is 6.61 Å². The van der Waals surface area contributed by atoms with E-state index < -0.39 is 0 Å². The Labute approximate surface area is 146 Å². The van der Waals surface area contributed by atoms with Crippen molar-refractivity contribution in [2.45, 2.75) is 6.10 Å². The number of hydrogen-bond acceptors (Lipinski definition) is 2. The van der Waals surface area contributed by atoms with Gasteiger partial charge in [0.25, 0.3) is 0 Å². The van der Waals surface area contributed by atoms with E-state index in [2.05, 4.69) is 42.5 Å². The molecule has 0 radical (unpaired) electrons. The van der Waals surface area contributed by atoms with Crippen molar-refractivity contribution >= 4 is 27.8 Å². The van der Waals surface area contributed by atoms with Crippen molar-refractivity contribution in [2.24, 2.45) is 0 Å². The number of fused-ring (bicyclic) bond motifs is 2. The van der Waals surface area contributed by atoms with E-state index >= 15 is 0 Å². The third-order valence-corrected chi connectivity index (χ3v) is 4.39. The fourth-order valence-corrected chi connectivity index (χ4v) is 2.93. The third kappa shape index (κ3) is 3.59. The molecule has 1 fully saturated rings. The molecule has 2 nitrogen and oxygen atoms in total. The first kappa shape index (κ1) is 15.6. The van der Waals surface area contributed by atoms with Gasteiger partial charge in [0.2, 0.25) is 0 Å². The van der Waals surface area contributed by atoms with Gasteiger partial charge in [0.1, 0.15) is 12.4 Å². The van der Waals surface area contributed by atoms with Gasteiger partial charge in [-0.25, -0.2) is 0 Å². The molecule has 0 spiro atoms. The minimum absolute atomic E-state index is 0.365. The molecule has 5 rings (SSSR count). The average Bonchev–Trinajstić information content (AvgIpc) is 3.53. The van der Waals surface area contributed by atoms with Crippen LogP contribution in [0.5, 0.6) is 0 Å². The van der Waals surface area contributed by atoms with E-state index in [1.165, 1.54) is 21.7 Å². The molecule has 25 heavy (non-hydrogen) atoms. The molecule has 1 aliphatic heterocycles. The maximum Gasteiger partial charge on any atom is 0.150 e. The first-order valence-electron chi connectivity index (χ1n) is 8.38. The minimum atomic E-state index is 0.365. The molecule has 0 N–H and O–H groups in total. The predicted molar refractivity (Wildman–Crippen MR) is 102 cm³/mol. The summed E-state index contributed by atoms with van der Waals surface area (Å²) in [4.78, 5) is 10.5. The molecule has 1 heterocycles. The van der Waals surface area contributed by atoms with Crippen LogP contribution in [0.3, 0.4) is 0 Å². The van der Waals surface area contributed by atoms with Gasteiger partial charge in [-0.2, -0.15) is 0 Å². The largest absolute Gasteiger partial charge is 0.368 e. The maximum atomic E-state index is 10.5. The van der Waals surface area contributed by atoms with Crippen LogP contribution in [0.1, 0.15) is 22.0 Å². The van der Waals surface area contributed by atoms with Crippen molar-refractivity contribution in [3.63, 3.8) is 0 Å². The Balaban J connectivity index is 0.000000126. The van der Waals surface area contributed by atoms with Gasteiger partial charge in [-0.3, -0.25) is 4.79 Å². The smallest absolute Gasteiger partial charge is 0.150 e. The van der Waals surface area contributed by atoms with Gasteiger partial charge in [-0.05, 0) is 39.2 Å². The second kappa shape index (κ2) is 6.88. The Morgan fingerprint density at radius 2 is 1.28 bits per heavy atom. The van der Waals surface area contributed by atoms with Crippen LogP contribution < -0.4 is 0 Å². The van der Waals surface area contributed by atoms with Gasteiger partial charge >= 0.3 is 0 Å². The van der Waals surface area contributed by atoms with Crippen LogP contribution in [-0.4, -0.2) is 12.9 Å². The fraction of sp³-hybridized carbons (Fsp3) is 0.0870. The molecule has 4 aromatic rings. The van der Waals surface area contributed by atoms with E-state index in [1.54, 1.807) is 0 Å². The molecule has 0 aliphatic carbocycles. The van der Waals surface area contributed by atoms with E-state index in [0.717, 1.165) is 23.8 Å². The quantitative estimate of drug-likeness (QED) is 0.356. The van der Waals surface area contributed by atoms with Gasteiger partial charge in [-0.15, -0.1) is 0 Å². The molecule has 1 aliphatic rings. The van der Waals surface area contributed by atoms with Crippen LogP contribution in [0.2, 0.25) is 0 Å². The summed E-state index contributed by atoms with van der Waals surface area (Å²) in [7, 11) is 0. The number of hydrogen-bond donors (Lipinski definition) is 0. The summed E-state index contributed by atoms with van der Waals surface area (Å²) in [5.74, 6) is 0. The topological polar surface area (TPSA) is 29.6 Å². The van der Waals surface area contributed by atoms with Crippen LogP contribution in [0.4, 0.5) is 0 Å². The zero-order valence-electron chi connectivity index (χ0n) is 13.8. The number of aldehydes is 1. The zero-order chi connectivity index (χ0) is 17.1. The maximum absolute atomic E-state index is 10.5. The lowest BCUT2D eigenvalue weighted by atomic mass is 10.1. The monoisotopic (exact) mass is 326 g/mol. The summed E-state index contributed by atoms with van der Waals surface area (Å²) >= 11 is 0. The summed E-state index contributed by atoms with van der Waals surface area (Å²) in [6.07, 6.45) is 1.23. The minimum Gasteiger partial charge on any atom is -0.368 e. The third-order valence-electron chi connectivity index (χ3n) is 4.39. The zero-order valence-corrected chi connectivity index (χ0v) is 13.8. The van der Waals surface area contributed by atoms with Crippen LogP contribution in [-0.2, 0) is 4.74 Å². The summed E-state index contributed by atoms with van der Waals surface area (Å²) in [5, 5.41) is 4.88. The van der Waals surface area contributed by atoms with Crippen molar-refractivity contribution in [1.29, 1.82) is 0 Å². The Hall–Kier alpha value is -2.97. The van der Waals surface area contributed by atoms with Crippen molar-refractivity contribution in [3.05, 3.63) is 96.1 Å². The molecule has 4 aromatic carbocycles. The summed E-state index contributed by atoms with van der Waals surface area (Å²) < 4.78 is 5.24. The van der Waals surface area contributed by atoms with Gasteiger partial charge in [0.15, 0.2) is 0 Å². The van der Waals surface area contributed by atoms with Gasteiger partial charge in [-0.1, -0.05) is 72.8 Å². The first-order chi connectivity index (χ1) is 12.3. The highest BCUT2D eigenvalue weighted by molar-refractivity contribution is 5.88. The van der Waals surface area contributed by atoms with Crippen molar-refractivity contribution < 1.29 is 9.53 Å². The highest BCUT2D eigenvalue weighted by atomic mass is 16.6. The predicted octanol–water partition coefficient (Wildman–Crippen LogP) is 5.56. The van der Waals surface area contributed by atoms with Crippen molar-refractivity contribution in [3.8, 4) is 0 Å². The van der Waals surface area contributed by atoms with Crippen molar-refractivity contribution in [2.75, 3.05) is 6.61 Å². The number of rotatable bonds is 2. The van der Waals surface area contributed by atoms with Crippen LogP contribution in [0, 0.1) is 0 Å². The lowest BCUT2D eigenvalue weighted by Gasteiger charge is -1.99. The van der Waals surface area contributed by atoms with Crippen LogP contribution >= 0.6 is 0 Å². The van der Waals surface area contributed by atoms with E-state index in [9.17, 15) is 4.79 Å². The molecular weight excluding hydrogens is 308 g/mol. The van der Waals surface area contributed by atoms with E-state index in [-0.39, 0.29) is 0 Å². The molecule has 0 amide bonds. The van der Waals surface area contributed by atoms with E-state index in [0.29, 0.717) is 6.10 Å². The number of carbonyl (C=O) groups is 1. The summed E-state index contributed by atoms with van der Waals surface area (Å²) in [6, 6.07) is 28.6. The molecule has 1 atom stereocenters. The molecule has 0 aromatic heterocycles. The Kier molecular flexibility index (Phi) is 4.28. The second-order valence-electron chi connectivity index (χ2n) is 6.15. The lowest BCUT2D eigenvalue weighted by Crippen LogP contribution is -1.80. The molecule has 2 heteroatoms. The Bertz CT molecular complexity index is 1030. The van der Waals surface area contributed by atoms with Crippen LogP contribution in [0.15, 0.2) is 84.9 Å². The Morgan fingerprint density at radius 3 is 1.88 bits per heavy atom. The lowest BCUT2D eigenvalue weighted by molar-refractivity contribution is 0.112. The SMILES string of the molecule is O=Cc1ccc2ccccc2c1.c1ccc2cc(C3CO3)ccc2c1. The fourth-order valence-electron chi connectivity index (χ4n) is 2.93. The highest BCUT2D eigenvalue weighted by Gasteiger charge is 2.24. The van der Waals surface area contributed by atoms with E-state index in [4.69, 9.17) is 4.74 Å². The molecule has 1 unspecified atom stereocenters. The standard InChI is InChI=1S/C12H10O.C11H8O/c1-2-4-10-7-11(12-8-13-12)6-5-9(10)3-1;12-8-9-5-6-10-3-1-2-4-11(10)7-9/h1-7,12H,8H2;1-8H. The molecule has 0 saturated carbocycles. The average molecular weight is 326 g/mol. The molecule has 0 bridgehead atoms. The second-order valence-corrected chi connectivity index (χ2v) is 6.15. The van der Waals surface area contributed by atoms with E-state index in [1.807, 2.05) is 42.5 Å².